The first-order chi connectivity index (χ1) is 11.9. The number of ether oxygens (including phenoxy) is 1. The Kier molecular flexibility index (Phi) is 5.27. The van der Waals surface area contributed by atoms with Crippen molar-refractivity contribution in [3.63, 3.8) is 0 Å². The maximum absolute atomic E-state index is 12.6. The standard InChI is InChI=1S/C17H19ClN2O4S/c1-24-17(21)11-2-5-13(6-3-11)20-25(22,23)14-7-8-15-12(10-14)4-9-16(18)19-15/h4,7-11,13,20H,2-3,5-6H2,1H3. The molecule has 1 aromatic heterocycles. The third-order valence-corrected chi connectivity index (χ3v) is 6.25. The second kappa shape index (κ2) is 7.27. The number of rotatable bonds is 4. The Labute approximate surface area is 151 Å². The fraction of sp³-hybridized carbons (Fsp3) is 0.412. The fourth-order valence-electron chi connectivity index (χ4n) is 3.15. The number of halogens is 1. The predicted molar refractivity (Wildman–Crippen MR) is 94.8 cm³/mol. The summed E-state index contributed by atoms with van der Waals surface area (Å²) in [5.41, 5.74) is 0.644. The van der Waals surface area contributed by atoms with E-state index in [1.807, 2.05) is 0 Å². The molecule has 0 spiro atoms. The summed E-state index contributed by atoms with van der Waals surface area (Å²) in [6.45, 7) is 0. The van der Waals surface area contributed by atoms with Crippen molar-refractivity contribution in [2.24, 2.45) is 5.92 Å². The molecule has 0 aliphatic heterocycles. The first kappa shape index (κ1) is 18.1. The van der Waals surface area contributed by atoms with Gasteiger partial charge in [-0.15, -0.1) is 0 Å². The number of benzene rings is 1. The summed E-state index contributed by atoms with van der Waals surface area (Å²) >= 11 is 5.85. The van der Waals surface area contributed by atoms with Crippen molar-refractivity contribution >= 4 is 38.5 Å². The number of pyridine rings is 1. The number of fused-ring (bicyclic) bond motifs is 1. The highest BCUT2D eigenvalue weighted by Crippen LogP contribution is 2.27. The van der Waals surface area contributed by atoms with Gasteiger partial charge in [0.15, 0.2) is 0 Å². The lowest BCUT2D eigenvalue weighted by atomic mass is 9.86. The Morgan fingerprint density at radius 2 is 1.92 bits per heavy atom. The first-order valence-corrected chi connectivity index (χ1v) is 9.91. The number of nitrogens with one attached hydrogen (secondary N) is 1. The second-order valence-corrected chi connectivity index (χ2v) is 8.28. The molecule has 1 saturated carbocycles. The van der Waals surface area contributed by atoms with Crippen molar-refractivity contribution in [3.8, 4) is 0 Å². The number of carbonyl (C=O) groups is 1. The molecule has 0 radical (unpaired) electrons. The molecule has 1 N–H and O–H groups in total. The number of nitrogens with zero attached hydrogens (tertiary/aromatic N) is 1. The maximum atomic E-state index is 12.6. The van der Waals surface area contributed by atoms with Gasteiger partial charge in [0.1, 0.15) is 5.15 Å². The van der Waals surface area contributed by atoms with Crippen LogP contribution in [0.15, 0.2) is 35.2 Å². The predicted octanol–water partition coefficient (Wildman–Crippen LogP) is 2.90. The molecule has 6 nitrogen and oxygen atoms in total. The van der Waals surface area contributed by atoms with Crippen LogP contribution in [0.25, 0.3) is 10.9 Å². The van der Waals surface area contributed by atoms with Crippen molar-refractivity contribution in [1.82, 2.24) is 9.71 Å². The summed E-state index contributed by atoms with van der Waals surface area (Å²) in [6, 6.07) is 7.94. The highest BCUT2D eigenvalue weighted by atomic mass is 35.5. The van der Waals surface area contributed by atoms with E-state index in [0.29, 0.717) is 41.7 Å². The van der Waals surface area contributed by atoms with Crippen molar-refractivity contribution in [1.29, 1.82) is 0 Å². The van der Waals surface area contributed by atoms with Crippen molar-refractivity contribution < 1.29 is 17.9 Å². The topological polar surface area (TPSA) is 85.4 Å². The Morgan fingerprint density at radius 1 is 1.20 bits per heavy atom. The number of carbonyl (C=O) groups excluding carboxylic acids is 1. The smallest absolute Gasteiger partial charge is 0.308 e. The number of hydrogen-bond acceptors (Lipinski definition) is 5. The Morgan fingerprint density at radius 3 is 2.60 bits per heavy atom. The Balaban J connectivity index is 1.72. The van der Waals surface area contributed by atoms with Crippen LogP contribution in [-0.4, -0.2) is 32.5 Å². The third-order valence-electron chi connectivity index (χ3n) is 4.52. The summed E-state index contributed by atoms with van der Waals surface area (Å²) in [5, 5.41) is 1.07. The molecular formula is C17H19ClN2O4S. The quantitative estimate of drug-likeness (QED) is 0.649. The minimum atomic E-state index is -3.63. The molecule has 1 heterocycles. The summed E-state index contributed by atoms with van der Waals surface area (Å²) in [4.78, 5) is 15.9. The van der Waals surface area contributed by atoms with Crippen LogP contribution in [0.4, 0.5) is 0 Å². The second-order valence-electron chi connectivity index (χ2n) is 6.18. The van der Waals surface area contributed by atoms with Gasteiger partial charge in [0, 0.05) is 11.4 Å². The summed E-state index contributed by atoms with van der Waals surface area (Å²) in [6.07, 6.45) is 2.48. The van der Waals surface area contributed by atoms with Gasteiger partial charge < -0.3 is 4.74 Å². The first-order valence-electron chi connectivity index (χ1n) is 8.05. The van der Waals surface area contributed by atoms with E-state index in [-0.39, 0.29) is 22.8 Å². The molecule has 0 unspecified atom stereocenters. The molecule has 1 aliphatic carbocycles. The average Bonchev–Trinajstić information content (AvgIpc) is 2.60. The van der Waals surface area contributed by atoms with Gasteiger partial charge in [-0.1, -0.05) is 11.6 Å². The van der Waals surface area contributed by atoms with Gasteiger partial charge >= 0.3 is 5.97 Å². The zero-order valence-electron chi connectivity index (χ0n) is 13.7. The number of hydrogen-bond donors (Lipinski definition) is 1. The van der Waals surface area contributed by atoms with Crippen LogP contribution in [0, 0.1) is 5.92 Å². The average molecular weight is 383 g/mol. The van der Waals surface area contributed by atoms with E-state index < -0.39 is 10.0 Å². The molecule has 0 atom stereocenters. The molecule has 0 bridgehead atoms. The molecule has 0 amide bonds. The molecule has 3 rings (SSSR count). The van der Waals surface area contributed by atoms with E-state index in [1.54, 1.807) is 24.3 Å². The van der Waals surface area contributed by atoms with Crippen LogP contribution in [0.2, 0.25) is 5.15 Å². The van der Waals surface area contributed by atoms with Gasteiger partial charge in [-0.25, -0.2) is 18.1 Å². The van der Waals surface area contributed by atoms with Crippen LogP contribution in [0.5, 0.6) is 0 Å². The van der Waals surface area contributed by atoms with Gasteiger partial charge in [0.05, 0.1) is 23.4 Å². The molecule has 1 fully saturated rings. The van der Waals surface area contributed by atoms with E-state index in [2.05, 4.69) is 9.71 Å². The third kappa shape index (κ3) is 4.11. The van der Waals surface area contributed by atoms with E-state index in [4.69, 9.17) is 16.3 Å². The van der Waals surface area contributed by atoms with Gasteiger partial charge in [-0.3, -0.25) is 4.79 Å². The largest absolute Gasteiger partial charge is 0.469 e. The molecule has 1 aromatic carbocycles. The summed E-state index contributed by atoms with van der Waals surface area (Å²) < 4.78 is 32.8. The fourth-order valence-corrected chi connectivity index (χ4v) is 4.64. The minimum absolute atomic E-state index is 0.137. The van der Waals surface area contributed by atoms with Gasteiger partial charge in [-0.2, -0.15) is 0 Å². The summed E-state index contributed by atoms with van der Waals surface area (Å²) in [5.74, 6) is -0.357. The van der Waals surface area contributed by atoms with E-state index in [1.165, 1.54) is 13.2 Å². The van der Waals surface area contributed by atoms with E-state index in [0.717, 1.165) is 0 Å². The Hall–Kier alpha value is -1.70. The number of esters is 1. The molecule has 1 aliphatic rings. The lowest BCUT2D eigenvalue weighted by molar-refractivity contribution is -0.146. The van der Waals surface area contributed by atoms with E-state index in [9.17, 15) is 13.2 Å². The van der Waals surface area contributed by atoms with E-state index >= 15 is 0 Å². The molecule has 25 heavy (non-hydrogen) atoms. The minimum Gasteiger partial charge on any atom is -0.469 e. The molecule has 2 aromatic rings. The monoisotopic (exact) mass is 382 g/mol. The van der Waals surface area contributed by atoms with Gasteiger partial charge in [0.25, 0.3) is 0 Å². The lowest BCUT2D eigenvalue weighted by Crippen LogP contribution is -2.38. The van der Waals surface area contributed by atoms with Crippen LogP contribution in [0.1, 0.15) is 25.7 Å². The van der Waals surface area contributed by atoms with Crippen molar-refractivity contribution in [2.75, 3.05) is 7.11 Å². The number of sulfonamides is 1. The molecular weight excluding hydrogens is 364 g/mol. The SMILES string of the molecule is COC(=O)C1CCC(NS(=O)(=O)c2ccc3nc(Cl)ccc3c2)CC1. The van der Waals surface area contributed by atoms with Crippen LogP contribution >= 0.6 is 11.6 Å². The molecule has 0 saturated heterocycles. The zero-order chi connectivity index (χ0) is 18.0. The molecule has 134 valence electrons. The molecule has 8 heteroatoms. The lowest BCUT2D eigenvalue weighted by Gasteiger charge is -2.27. The van der Waals surface area contributed by atoms with Crippen LogP contribution in [0.3, 0.4) is 0 Å². The van der Waals surface area contributed by atoms with Gasteiger partial charge in [0.2, 0.25) is 10.0 Å². The van der Waals surface area contributed by atoms with Crippen LogP contribution in [-0.2, 0) is 19.6 Å². The maximum Gasteiger partial charge on any atom is 0.308 e. The normalized spacial score (nSPS) is 21.2. The number of methoxy groups -OCH3 is 1. The highest BCUT2D eigenvalue weighted by molar-refractivity contribution is 7.89. The highest BCUT2D eigenvalue weighted by Gasteiger charge is 2.29. The number of aromatic nitrogens is 1. The van der Waals surface area contributed by atoms with Crippen LogP contribution < -0.4 is 4.72 Å². The summed E-state index contributed by atoms with van der Waals surface area (Å²) in [7, 11) is -2.26. The van der Waals surface area contributed by atoms with Crippen molar-refractivity contribution in [2.45, 2.75) is 36.6 Å². The Bertz CT molecular complexity index is 893. The van der Waals surface area contributed by atoms with Crippen molar-refractivity contribution in [3.05, 3.63) is 35.5 Å². The van der Waals surface area contributed by atoms with Gasteiger partial charge in [-0.05, 0) is 56.0 Å². The zero-order valence-corrected chi connectivity index (χ0v) is 15.3.